The molecule has 2 heterocycles. The highest BCUT2D eigenvalue weighted by atomic mass is 15.1. The van der Waals surface area contributed by atoms with Crippen molar-refractivity contribution in [2.45, 2.75) is 45.1 Å². The minimum absolute atomic E-state index is 0.845. The van der Waals surface area contributed by atoms with Gasteiger partial charge in [-0.25, -0.2) is 0 Å². The van der Waals surface area contributed by atoms with E-state index in [4.69, 9.17) is 0 Å². The molecule has 0 bridgehead atoms. The van der Waals surface area contributed by atoms with Crippen LogP contribution in [0.25, 0.3) is 0 Å². The maximum atomic E-state index is 4.52. The van der Waals surface area contributed by atoms with Crippen molar-refractivity contribution >= 4 is 0 Å². The van der Waals surface area contributed by atoms with Crippen LogP contribution in [0.1, 0.15) is 49.8 Å². The summed E-state index contributed by atoms with van der Waals surface area (Å²) in [5.41, 5.74) is 2.78. The molecule has 1 aliphatic carbocycles. The fourth-order valence-electron chi connectivity index (χ4n) is 2.70. The second-order valence-electron chi connectivity index (χ2n) is 5.81. The molecule has 0 aromatic carbocycles. The number of rotatable bonds is 3. The van der Waals surface area contributed by atoms with Crippen molar-refractivity contribution in [1.29, 1.82) is 0 Å². The van der Waals surface area contributed by atoms with Gasteiger partial charge in [0.25, 0.3) is 0 Å². The van der Waals surface area contributed by atoms with Crippen molar-refractivity contribution in [2.75, 3.05) is 13.1 Å². The van der Waals surface area contributed by atoms with Gasteiger partial charge in [0, 0.05) is 12.7 Å². The van der Waals surface area contributed by atoms with Crippen molar-refractivity contribution in [1.82, 2.24) is 9.88 Å². The minimum Gasteiger partial charge on any atom is -0.297 e. The molecule has 3 rings (SSSR count). The van der Waals surface area contributed by atoms with Crippen LogP contribution in [-0.2, 0) is 6.54 Å². The van der Waals surface area contributed by atoms with E-state index in [1.54, 1.807) is 0 Å². The molecule has 2 nitrogen and oxygen atoms in total. The number of pyridine rings is 1. The molecule has 1 aromatic rings. The summed E-state index contributed by atoms with van der Waals surface area (Å²) in [6.45, 7) is 5.91. The third-order valence-electron chi connectivity index (χ3n) is 4.15. The van der Waals surface area contributed by atoms with Crippen LogP contribution in [0, 0.1) is 5.92 Å². The predicted molar refractivity (Wildman–Crippen MR) is 69.9 cm³/mol. The van der Waals surface area contributed by atoms with Gasteiger partial charge in [0.1, 0.15) is 0 Å². The molecular formula is C15H22N2. The zero-order valence-corrected chi connectivity index (χ0v) is 10.7. The number of nitrogens with zero attached hydrogens (tertiary/aromatic N) is 2. The van der Waals surface area contributed by atoms with Crippen LogP contribution in [0.5, 0.6) is 0 Å². The van der Waals surface area contributed by atoms with Crippen LogP contribution in [0.3, 0.4) is 0 Å². The molecule has 1 saturated heterocycles. The lowest BCUT2D eigenvalue weighted by Gasteiger charge is -2.29. The van der Waals surface area contributed by atoms with Crippen molar-refractivity contribution < 1.29 is 0 Å². The van der Waals surface area contributed by atoms with Crippen molar-refractivity contribution in [2.24, 2.45) is 5.92 Å². The third kappa shape index (κ3) is 2.86. The Bertz CT molecular complexity index is 376. The maximum Gasteiger partial charge on any atom is 0.0546 e. The molecule has 0 N–H and O–H groups in total. The van der Waals surface area contributed by atoms with Crippen molar-refractivity contribution in [3.63, 3.8) is 0 Å². The fraction of sp³-hybridized carbons (Fsp3) is 0.667. The molecule has 92 valence electrons. The van der Waals surface area contributed by atoms with Gasteiger partial charge < -0.3 is 0 Å². The molecule has 17 heavy (non-hydrogen) atoms. The van der Waals surface area contributed by atoms with Crippen LogP contribution in [0.2, 0.25) is 0 Å². The molecule has 1 aliphatic heterocycles. The van der Waals surface area contributed by atoms with E-state index in [0.717, 1.165) is 18.4 Å². The topological polar surface area (TPSA) is 16.1 Å². The minimum atomic E-state index is 0.845. The molecule has 1 saturated carbocycles. The first kappa shape index (κ1) is 11.2. The van der Waals surface area contributed by atoms with Crippen LogP contribution in [0.4, 0.5) is 0 Å². The Morgan fingerprint density at radius 1 is 1.24 bits per heavy atom. The first-order valence-corrected chi connectivity index (χ1v) is 6.98. The number of hydrogen-bond donors (Lipinski definition) is 0. The van der Waals surface area contributed by atoms with Gasteiger partial charge in [-0.05, 0) is 68.3 Å². The molecule has 0 amide bonds. The van der Waals surface area contributed by atoms with Gasteiger partial charge in [0.15, 0.2) is 0 Å². The normalized spacial score (nSPS) is 22.9. The lowest BCUT2D eigenvalue weighted by Crippen LogP contribution is -2.32. The van der Waals surface area contributed by atoms with E-state index in [-0.39, 0.29) is 0 Å². The quantitative estimate of drug-likeness (QED) is 0.792. The molecule has 1 aromatic heterocycles. The summed E-state index contributed by atoms with van der Waals surface area (Å²) in [7, 11) is 0. The summed E-state index contributed by atoms with van der Waals surface area (Å²) in [4.78, 5) is 7.08. The van der Waals surface area contributed by atoms with E-state index < -0.39 is 0 Å². The summed E-state index contributed by atoms with van der Waals surface area (Å²) in [6, 6.07) is 4.52. The maximum absolute atomic E-state index is 4.52. The van der Waals surface area contributed by atoms with E-state index in [0.29, 0.717) is 0 Å². The van der Waals surface area contributed by atoms with Gasteiger partial charge in [0.2, 0.25) is 0 Å². The zero-order chi connectivity index (χ0) is 11.7. The predicted octanol–water partition coefficient (Wildman–Crippen LogP) is 3.19. The highest BCUT2D eigenvalue weighted by Crippen LogP contribution is 2.39. The first-order chi connectivity index (χ1) is 8.31. The Kier molecular flexibility index (Phi) is 3.15. The molecule has 2 fully saturated rings. The Hall–Kier alpha value is -0.890. The first-order valence-electron chi connectivity index (χ1n) is 6.98. The molecule has 0 unspecified atom stereocenters. The SMILES string of the molecule is CC1CCN(Cc2cc(C3CC3)ccn2)CC1. The van der Waals surface area contributed by atoms with Crippen molar-refractivity contribution in [3.8, 4) is 0 Å². The Balaban J connectivity index is 1.62. The lowest BCUT2D eigenvalue weighted by molar-refractivity contribution is 0.183. The monoisotopic (exact) mass is 230 g/mol. The molecule has 2 aliphatic rings. The zero-order valence-electron chi connectivity index (χ0n) is 10.7. The Morgan fingerprint density at radius 2 is 2.00 bits per heavy atom. The summed E-state index contributed by atoms with van der Waals surface area (Å²) < 4.78 is 0. The molecule has 2 heteroatoms. The fourth-order valence-corrected chi connectivity index (χ4v) is 2.70. The van der Waals surface area contributed by atoms with Crippen LogP contribution in [0.15, 0.2) is 18.3 Å². The highest BCUT2D eigenvalue weighted by molar-refractivity contribution is 5.24. The van der Waals surface area contributed by atoms with E-state index in [1.807, 2.05) is 6.20 Å². The van der Waals surface area contributed by atoms with Crippen LogP contribution < -0.4 is 0 Å². The van der Waals surface area contributed by atoms with Crippen LogP contribution >= 0.6 is 0 Å². The van der Waals surface area contributed by atoms with Gasteiger partial charge in [-0.2, -0.15) is 0 Å². The van der Waals surface area contributed by atoms with Gasteiger partial charge in [0.05, 0.1) is 5.69 Å². The van der Waals surface area contributed by atoms with Gasteiger partial charge in [-0.3, -0.25) is 9.88 Å². The number of piperidine rings is 1. The van der Waals surface area contributed by atoms with E-state index in [1.165, 1.54) is 50.0 Å². The van der Waals surface area contributed by atoms with Gasteiger partial charge in [-0.1, -0.05) is 6.92 Å². The molecule has 0 spiro atoms. The second-order valence-corrected chi connectivity index (χ2v) is 5.81. The number of hydrogen-bond acceptors (Lipinski definition) is 2. The molecular weight excluding hydrogens is 208 g/mol. The summed E-state index contributed by atoms with van der Waals surface area (Å²) in [5, 5.41) is 0. The average Bonchev–Trinajstić information content (AvgIpc) is 3.17. The number of aromatic nitrogens is 1. The standard InChI is InChI=1S/C15H22N2/c1-12-5-8-17(9-6-12)11-15-10-14(4-7-16-15)13-2-3-13/h4,7,10,12-13H,2-3,5-6,8-9,11H2,1H3. The van der Waals surface area contributed by atoms with E-state index in [2.05, 4.69) is 28.9 Å². The third-order valence-corrected chi connectivity index (χ3v) is 4.15. The summed E-state index contributed by atoms with van der Waals surface area (Å²) in [6.07, 6.45) is 7.45. The summed E-state index contributed by atoms with van der Waals surface area (Å²) in [5.74, 6) is 1.76. The second kappa shape index (κ2) is 4.77. The molecule has 0 atom stereocenters. The van der Waals surface area contributed by atoms with Gasteiger partial charge >= 0.3 is 0 Å². The van der Waals surface area contributed by atoms with Crippen molar-refractivity contribution in [3.05, 3.63) is 29.6 Å². The largest absolute Gasteiger partial charge is 0.297 e. The van der Waals surface area contributed by atoms with Crippen LogP contribution in [-0.4, -0.2) is 23.0 Å². The van der Waals surface area contributed by atoms with E-state index in [9.17, 15) is 0 Å². The lowest BCUT2D eigenvalue weighted by atomic mass is 9.99. The average molecular weight is 230 g/mol. The van der Waals surface area contributed by atoms with Gasteiger partial charge in [-0.15, -0.1) is 0 Å². The number of likely N-dealkylation sites (tertiary alicyclic amines) is 1. The van der Waals surface area contributed by atoms with E-state index >= 15 is 0 Å². The smallest absolute Gasteiger partial charge is 0.0546 e. The Morgan fingerprint density at radius 3 is 2.71 bits per heavy atom. The highest BCUT2D eigenvalue weighted by Gasteiger charge is 2.24. The summed E-state index contributed by atoms with van der Waals surface area (Å²) >= 11 is 0. The Labute approximate surface area is 104 Å². The molecule has 0 radical (unpaired) electrons.